The summed E-state index contributed by atoms with van der Waals surface area (Å²) >= 11 is 0. The van der Waals surface area contributed by atoms with Crippen LogP contribution in [0, 0.1) is 24.1 Å². The monoisotopic (exact) mass is 136 g/mol. The Morgan fingerprint density at radius 2 is 2.40 bits per heavy atom. The Hall–Kier alpha value is -1.43. The van der Waals surface area contributed by atoms with Crippen molar-refractivity contribution in [3.05, 3.63) is 29.3 Å². The molecule has 0 fully saturated rings. The molecule has 0 aliphatic heterocycles. The maximum Gasteiger partial charge on any atom is 0.176 e. The quantitative estimate of drug-likeness (QED) is 0.540. The average Bonchev–Trinajstić information content (AvgIpc) is 1.88. The van der Waals surface area contributed by atoms with E-state index in [1.165, 1.54) is 12.3 Å². The topological polar surface area (TPSA) is 36.7 Å². The molecule has 2 nitrogen and oxygen atoms in total. The van der Waals surface area contributed by atoms with E-state index in [2.05, 4.69) is 4.98 Å². The zero-order valence-electron chi connectivity index (χ0n) is 5.43. The molecule has 0 N–H and O–H groups in total. The number of nitrogens with zero attached hydrogens (tertiary/aromatic N) is 2. The lowest BCUT2D eigenvalue weighted by atomic mass is 10.3. The van der Waals surface area contributed by atoms with Gasteiger partial charge in [-0.2, -0.15) is 5.26 Å². The fourth-order valence-electron chi connectivity index (χ4n) is 0.616. The number of rotatable bonds is 0. The number of hydrogen-bond donors (Lipinski definition) is 0. The maximum atomic E-state index is 12.6. The highest BCUT2D eigenvalue weighted by molar-refractivity contribution is 5.24. The van der Waals surface area contributed by atoms with Gasteiger partial charge in [0.05, 0.1) is 0 Å². The van der Waals surface area contributed by atoms with Gasteiger partial charge in [0.1, 0.15) is 6.07 Å². The molecule has 0 aliphatic carbocycles. The van der Waals surface area contributed by atoms with Gasteiger partial charge in [-0.1, -0.05) is 0 Å². The van der Waals surface area contributed by atoms with Crippen molar-refractivity contribution in [1.29, 1.82) is 5.26 Å². The summed E-state index contributed by atoms with van der Waals surface area (Å²) in [6.07, 6.45) is 1.46. The van der Waals surface area contributed by atoms with Gasteiger partial charge in [-0.3, -0.25) is 0 Å². The molecule has 0 unspecified atom stereocenters. The Balaban J connectivity index is 3.23. The van der Waals surface area contributed by atoms with E-state index < -0.39 is 5.82 Å². The lowest BCUT2D eigenvalue weighted by Gasteiger charge is -1.91. The molecule has 0 aromatic carbocycles. The first kappa shape index (κ1) is 6.69. The van der Waals surface area contributed by atoms with E-state index in [-0.39, 0.29) is 5.69 Å². The third kappa shape index (κ3) is 1.11. The summed E-state index contributed by atoms with van der Waals surface area (Å²) in [4.78, 5) is 3.56. The largest absolute Gasteiger partial charge is 0.242 e. The third-order valence-electron chi connectivity index (χ3n) is 1.08. The summed E-state index contributed by atoms with van der Waals surface area (Å²) in [6.45, 7) is 1.72. The first-order valence-corrected chi connectivity index (χ1v) is 2.76. The fourth-order valence-corrected chi connectivity index (χ4v) is 0.616. The normalized spacial score (nSPS) is 8.90. The molecule has 50 valence electrons. The summed E-state index contributed by atoms with van der Waals surface area (Å²) in [5.74, 6) is -0.553. The lowest BCUT2D eigenvalue weighted by molar-refractivity contribution is 0.615. The number of hydrogen-bond acceptors (Lipinski definition) is 2. The van der Waals surface area contributed by atoms with Gasteiger partial charge in [0, 0.05) is 6.20 Å². The fraction of sp³-hybridized carbons (Fsp3) is 0.143. The number of nitriles is 1. The zero-order valence-corrected chi connectivity index (χ0v) is 5.43. The third-order valence-corrected chi connectivity index (χ3v) is 1.08. The second kappa shape index (κ2) is 2.44. The predicted octanol–water partition coefficient (Wildman–Crippen LogP) is 1.40. The highest BCUT2D eigenvalue weighted by atomic mass is 19.1. The van der Waals surface area contributed by atoms with Crippen molar-refractivity contribution in [3.8, 4) is 6.07 Å². The predicted molar refractivity (Wildman–Crippen MR) is 33.6 cm³/mol. The molecule has 0 aliphatic rings. The molecule has 0 saturated carbocycles. The van der Waals surface area contributed by atoms with E-state index in [4.69, 9.17) is 5.26 Å². The first-order chi connectivity index (χ1) is 4.74. The molecule has 0 radical (unpaired) electrons. The lowest BCUT2D eigenvalue weighted by Crippen LogP contribution is -1.88. The Kier molecular flexibility index (Phi) is 1.63. The summed E-state index contributed by atoms with van der Waals surface area (Å²) in [5, 5.41) is 8.26. The molecule has 3 heteroatoms. The van der Waals surface area contributed by atoms with Crippen LogP contribution in [0.2, 0.25) is 0 Å². The highest BCUT2D eigenvalue weighted by Crippen LogP contribution is 2.03. The van der Waals surface area contributed by atoms with Gasteiger partial charge in [0.2, 0.25) is 0 Å². The van der Waals surface area contributed by atoms with Crippen molar-refractivity contribution in [2.75, 3.05) is 0 Å². The summed E-state index contributed by atoms with van der Waals surface area (Å²) in [6, 6.07) is 2.92. The summed E-state index contributed by atoms with van der Waals surface area (Å²) in [7, 11) is 0. The van der Waals surface area contributed by atoms with Crippen molar-refractivity contribution < 1.29 is 4.39 Å². The molecular formula is C7H5FN2. The number of aromatic nitrogens is 1. The molecule has 1 aromatic heterocycles. The Morgan fingerprint density at radius 3 is 2.90 bits per heavy atom. The maximum absolute atomic E-state index is 12.6. The summed E-state index contributed by atoms with van der Waals surface area (Å²) in [5.41, 5.74) is 0.571. The van der Waals surface area contributed by atoms with Gasteiger partial charge >= 0.3 is 0 Å². The smallest absolute Gasteiger partial charge is 0.176 e. The van der Waals surface area contributed by atoms with Gasteiger partial charge in [-0.25, -0.2) is 9.37 Å². The van der Waals surface area contributed by atoms with Crippen LogP contribution in [-0.2, 0) is 0 Å². The standard InChI is InChI=1S/C7H5FN2/c1-5-2-6(8)7(3-9)10-4-5/h2,4H,1H3. The SMILES string of the molecule is Cc1cnc(C#N)c(F)c1. The van der Waals surface area contributed by atoms with E-state index in [0.717, 1.165) is 5.56 Å². The van der Waals surface area contributed by atoms with Crippen LogP contribution in [0.3, 0.4) is 0 Å². The second-order valence-corrected chi connectivity index (χ2v) is 1.95. The van der Waals surface area contributed by atoms with Crippen molar-refractivity contribution >= 4 is 0 Å². The zero-order chi connectivity index (χ0) is 7.56. The van der Waals surface area contributed by atoms with Crippen molar-refractivity contribution in [2.45, 2.75) is 6.92 Å². The van der Waals surface area contributed by atoms with Crippen LogP contribution in [0.15, 0.2) is 12.3 Å². The van der Waals surface area contributed by atoms with Gasteiger partial charge < -0.3 is 0 Å². The Morgan fingerprint density at radius 1 is 1.70 bits per heavy atom. The molecular weight excluding hydrogens is 131 g/mol. The van der Waals surface area contributed by atoms with Crippen molar-refractivity contribution in [3.63, 3.8) is 0 Å². The molecule has 1 aromatic rings. The molecule has 1 heterocycles. The van der Waals surface area contributed by atoms with E-state index in [0.29, 0.717) is 0 Å². The van der Waals surface area contributed by atoms with Crippen LogP contribution >= 0.6 is 0 Å². The van der Waals surface area contributed by atoms with Crippen LogP contribution in [0.1, 0.15) is 11.3 Å². The molecule has 1 rings (SSSR count). The van der Waals surface area contributed by atoms with E-state index >= 15 is 0 Å². The van der Waals surface area contributed by atoms with Crippen LogP contribution < -0.4 is 0 Å². The van der Waals surface area contributed by atoms with Gasteiger partial charge in [-0.15, -0.1) is 0 Å². The minimum absolute atomic E-state index is 0.148. The molecule has 0 saturated heterocycles. The summed E-state index contributed by atoms with van der Waals surface area (Å²) < 4.78 is 12.6. The average molecular weight is 136 g/mol. The first-order valence-electron chi connectivity index (χ1n) is 2.76. The highest BCUT2D eigenvalue weighted by Gasteiger charge is 2.00. The molecule has 0 amide bonds. The Labute approximate surface area is 57.9 Å². The van der Waals surface area contributed by atoms with E-state index in [9.17, 15) is 4.39 Å². The van der Waals surface area contributed by atoms with Gasteiger partial charge in [-0.05, 0) is 18.6 Å². The molecule has 10 heavy (non-hydrogen) atoms. The van der Waals surface area contributed by atoms with Crippen LogP contribution in [0.5, 0.6) is 0 Å². The van der Waals surface area contributed by atoms with Crippen LogP contribution in [0.25, 0.3) is 0 Å². The van der Waals surface area contributed by atoms with Gasteiger partial charge in [0.25, 0.3) is 0 Å². The minimum atomic E-state index is -0.553. The second-order valence-electron chi connectivity index (χ2n) is 1.95. The molecule has 0 bridgehead atoms. The Bertz CT molecular complexity index is 288. The number of halogens is 1. The number of aryl methyl sites for hydroxylation is 1. The molecule has 0 atom stereocenters. The number of pyridine rings is 1. The minimum Gasteiger partial charge on any atom is -0.242 e. The van der Waals surface area contributed by atoms with Crippen molar-refractivity contribution in [2.24, 2.45) is 0 Å². The van der Waals surface area contributed by atoms with E-state index in [1.807, 2.05) is 0 Å². The van der Waals surface area contributed by atoms with E-state index in [1.54, 1.807) is 13.0 Å². The van der Waals surface area contributed by atoms with Crippen molar-refractivity contribution in [1.82, 2.24) is 4.98 Å². The van der Waals surface area contributed by atoms with Crippen LogP contribution in [0.4, 0.5) is 4.39 Å². The molecule has 0 spiro atoms. The van der Waals surface area contributed by atoms with Crippen LogP contribution in [-0.4, -0.2) is 4.98 Å². The van der Waals surface area contributed by atoms with Gasteiger partial charge in [0.15, 0.2) is 11.5 Å².